The lowest BCUT2D eigenvalue weighted by atomic mass is 10.1. The van der Waals surface area contributed by atoms with Crippen molar-refractivity contribution < 1.29 is 14.7 Å². The van der Waals surface area contributed by atoms with Crippen LogP contribution in [-0.2, 0) is 9.47 Å². The van der Waals surface area contributed by atoms with Crippen LogP contribution >= 0.6 is 0 Å². The zero-order valence-corrected chi connectivity index (χ0v) is 8.48. The highest BCUT2D eigenvalue weighted by Crippen LogP contribution is 2.11. The first-order valence-corrected chi connectivity index (χ1v) is 4.90. The second kappa shape index (κ2) is 5.82. The van der Waals surface area contributed by atoms with Crippen molar-refractivity contribution in [1.29, 1.82) is 0 Å². The summed E-state index contributed by atoms with van der Waals surface area (Å²) < 4.78 is 10.8. The topological polar surface area (TPSA) is 77.1 Å². The van der Waals surface area contributed by atoms with E-state index in [1.54, 1.807) is 0 Å². The summed E-state index contributed by atoms with van der Waals surface area (Å²) in [5, 5.41) is 11.4. The van der Waals surface area contributed by atoms with Gasteiger partial charge in [-0.15, -0.1) is 0 Å². The standard InChI is InChI=1S/C9H18N2O3/c1-7(9(10)11-12)6-14-8-2-4-13-5-3-8/h7-8,12H,2-6H2,1H3,(H2,10,11). The Kier molecular flexibility index (Phi) is 4.69. The van der Waals surface area contributed by atoms with E-state index in [2.05, 4.69) is 5.16 Å². The van der Waals surface area contributed by atoms with Gasteiger partial charge in [0.1, 0.15) is 5.84 Å². The fourth-order valence-electron chi connectivity index (χ4n) is 1.31. The Labute approximate surface area is 83.9 Å². The van der Waals surface area contributed by atoms with E-state index >= 15 is 0 Å². The largest absolute Gasteiger partial charge is 0.409 e. The predicted octanol–water partition coefficient (Wildman–Crippen LogP) is 0.565. The molecule has 0 radical (unpaired) electrons. The van der Waals surface area contributed by atoms with Gasteiger partial charge in [0.15, 0.2) is 0 Å². The zero-order chi connectivity index (χ0) is 10.4. The Morgan fingerprint density at radius 3 is 2.86 bits per heavy atom. The number of hydrogen-bond donors (Lipinski definition) is 2. The minimum atomic E-state index is -0.0390. The van der Waals surface area contributed by atoms with Crippen LogP contribution in [0.4, 0.5) is 0 Å². The van der Waals surface area contributed by atoms with E-state index < -0.39 is 0 Å². The summed E-state index contributed by atoms with van der Waals surface area (Å²) in [6.07, 6.45) is 2.13. The lowest BCUT2D eigenvalue weighted by Gasteiger charge is -2.23. The van der Waals surface area contributed by atoms with Gasteiger partial charge in [0.05, 0.1) is 12.7 Å². The highest BCUT2D eigenvalue weighted by atomic mass is 16.5. The maximum Gasteiger partial charge on any atom is 0.144 e. The molecule has 14 heavy (non-hydrogen) atoms. The Bertz CT molecular complexity index is 190. The molecular weight excluding hydrogens is 184 g/mol. The smallest absolute Gasteiger partial charge is 0.144 e. The van der Waals surface area contributed by atoms with Crippen LogP contribution in [0.3, 0.4) is 0 Å². The number of oxime groups is 1. The Hall–Kier alpha value is -0.810. The summed E-state index contributed by atoms with van der Waals surface area (Å²) >= 11 is 0. The van der Waals surface area contributed by atoms with Crippen molar-refractivity contribution in [2.24, 2.45) is 16.8 Å². The molecule has 1 atom stereocenters. The van der Waals surface area contributed by atoms with E-state index in [4.69, 9.17) is 20.4 Å². The predicted molar refractivity (Wildman–Crippen MR) is 52.4 cm³/mol. The molecule has 0 aliphatic carbocycles. The van der Waals surface area contributed by atoms with Crippen molar-refractivity contribution >= 4 is 5.84 Å². The van der Waals surface area contributed by atoms with Crippen molar-refractivity contribution in [1.82, 2.24) is 0 Å². The summed E-state index contributed by atoms with van der Waals surface area (Å²) in [6, 6.07) is 0. The highest BCUT2D eigenvalue weighted by molar-refractivity contribution is 5.81. The molecule has 0 aromatic carbocycles. The average molecular weight is 202 g/mol. The van der Waals surface area contributed by atoms with Gasteiger partial charge in [-0.1, -0.05) is 12.1 Å². The second-order valence-corrected chi connectivity index (χ2v) is 3.57. The molecule has 0 amide bonds. The third-order valence-corrected chi connectivity index (χ3v) is 2.37. The fourth-order valence-corrected chi connectivity index (χ4v) is 1.31. The number of hydrogen-bond acceptors (Lipinski definition) is 4. The van der Waals surface area contributed by atoms with Crippen LogP contribution in [0.2, 0.25) is 0 Å². The van der Waals surface area contributed by atoms with E-state index in [9.17, 15) is 0 Å². The molecule has 1 fully saturated rings. The monoisotopic (exact) mass is 202 g/mol. The maximum absolute atomic E-state index is 8.43. The summed E-state index contributed by atoms with van der Waals surface area (Å²) in [7, 11) is 0. The maximum atomic E-state index is 8.43. The van der Waals surface area contributed by atoms with Crippen LogP contribution in [0.1, 0.15) is 19.8 Å². The normalized spacial score (nSPS) is 22.2. The van der Waals surface area contributed by atoms with Crippen molar-refractivity contribution in [3.8, 4) is 0 Å². The van der Waals surface area contributed by atoms with E-state index in [0.29, 0.717) is 6.61 Å². The molecule has 1 aliphatic rings. The third-order valence-electron chi connectivity index (χ3n) is 2.37. The number of nitrogens with zero attached hydrogens (tertiary/aromatic N) is 1. The molecule has 0 saturated carbocycles. The van der Waals surface area contributed by atoms with E-state index in [0.717, 1.165) is 26.1 Å². The lowest BCUT2D eigenvalue weighted by molar-refractivity contribution is -0.0362. The van der Waals surface area contributed by atoms with Crippen LogP contribution < -0.4 is 5.73 Å². The van der Waals surface area contributed by atoms with Crippen molar-refractivity contribution in [3.05, 3.63) is 0 Å². The molecular formula is C9H18N2O3. The van der Waals surface area contributed by atoms with Crippen molar-refractivity contribution in [2.75, 3.05) is 19.8 Å². The van der Waals surface area contributed by atoms with Crippen LogP contribution in [0.15, 0.2) is 5.16 Å². The number of ether oxygens (including phenoxy) is 2. The van der Waals surface area contributed by atoms with E-state index in [-0.39, 0.29) is 17.9 Å². The first-order chi connectivity index (χ1) is 6.74. The van der Waals surface area contributed by atoms with E-state index in [1.807, 2.05) is 6.92 Å². The van der Waals surface area contributed by atoms with Crippen LogP contribution in [0.25, 0.3) is 0 Å². The minimum Gasteiger partial charge on any atom is -0.409 e. The first kappa shape index (κ1) is 11.3. The number of rotatable bonds is 4. The molecule has 82 valence electrons. The van der Waals surface area contributed by atoms with Gasteiger partial charge in [-0.3, -0.25) is 0 Å². The molecule has 3 N–H and O–H groups in total. The Morgan fingerprint density at radius 1 is 1.64 bits per heavy atom. The SMILES string of the molecule is CC(COC1CCOCC1)/C(N)=N/O. The molecule has 0 aromatic rings. The molecule has 5 heteroatoms. The van der Waals surface area contributed by atoms with Gasteiger partial charge in [-0.25, -0.2) is 0 Å². The molecule has 1 aliphatic heterocycles. The van der Waals surface area contributed by atoms with Crippen molar-refractivity contribution in [3.63, 3.8) is 0 Å². The fraction of sp³-hybridized carbons (Fsp3) is 0.889. The summed E-state index contributed by atoms with van der Waals surface area (Å²) in [5.74, 6) is 0.180. The van der Waals surface area contributed by atoms with Gasteiger partial charge < -0.3 is 20.4 Å². The van der Waals surface area contributed by atoms with Gasteiger partial charge in [0, 0.05) is 19.1 Å². The molecule has 1 saturated heterocycles. The lowest BCUT2D eigenvalue weighted by Crippen LogP contribution is -2.30. The van der Waals surface area contributed by atoms with Crippen LogP contribution in [0, 0.1) is 5.92 Å². The third kappa shape index (κ3) is 3.51. The second-order valence-electron chi connectivity index (χ2n) is 3.57. The molecule has 5 nitrogen and oxygen atoms in total. The average Bonchev–Trinajstić information content (AvgIpc) is 2.26. The minimum absolute atomic E-state index is 0.0390. The van der Waals surface area contributed by atoms with Gasteiger partial charge >= 0.3 is 0 Å². The van der Waals surface area contributed by atoms with Crippen LogP contribution in [0.5, 0.6) is 0 Å². The van der Waals surface area contributed by atoms with E-state index in [1.165, 1.54) is 0 Å². The molecule has 0 bridgehead atoms. The van der Waals surface area contributed by atoms with Gasteiger partial charge in [-0.05, 0) is 12.8 Å². The number of nitrogens with two attached hydrogens (primary N) is 1. The number of amidine groups is 1. The first-order valence-electron chi connectivity index (χ1n) is 4.90. The molecule has 1 unspecified atom stereocenters. The Morgan fingerprint density at radius 2 is 2.29 bits per heavy atom. The molecule has 1 heterocycles. The Balaban J connectivity index is 2.18. The summed E-state index contributed by atoms with van der Waals surface area (Å²) in [5.41, 5.74) is 5.43. The molecule has 0 spiro atoms. The highest BCUT2D eigenvalue weighted by Gasteiger charge is 2.16. The van der Waals surface area contributed by atoms with Crippen molar-refractivity contribution in [2.45, 2.75) is 25.9 Å². The molecule has 0 aromatic heterocycles. The van der Waals surface area contributed by atoms with Gasteiger partial charge in [-0.2, -0.15) is 0 Å². The van der Waals surface area contributed by atoms with Gasteiger partial charge in [0.2, 0.25) is 0 Å². The molecule has 1 rings (SSSR count). The van der Waals surface area contributed by atoms with Gasteiger partial charge in [0.25, 0.3) is 0 Å². The quantitative estimate of drug-likeness (QED) is 0.302. The summed E-state index contributed by atoms with van der Waals surface area (Å²) in [6.45, 7) is 3.90. The zero-order valence-electron chi connectivity index (χ0n) is 8.48. The summed E-state index contributed by atoms with van der Waals surface area (Å²) in [4.78, 5) is 0. The van der Waals surface area contributed by atoms with Crippen LogP contribution in [-0.4, -0.2) is 37.0 Å².